The number of anilines is 1. The highest BCUT2D eigenvalue weighted by Crippen LogP contribution is 2.19. The van der Waals surface area contributed by atoms with Crippen molar-refractivity contribution in [2.75, 3.05) is 18.0 Å². The van der Waals surface area contributed by atoms with Gasteiger partial charge in [0.25, 0.3) is 0 Å². The number of ether oxygens (including phenoxy) is 1. The third kappa shape index (κ3) is 3.98. The summed E-state index contributed by atoms with van der Waals surface area (Å²) in [6, 6.07) is 11.7. The molecule has 122 valence electrons. The topological polar surface area (TPSA) is 62.0 Å². The van der Waals surface area contributed by atoms with Crippen molar-refractivity contribution in [1.82, 2.24) is 9.97 Å². The zero-order valence-corrected chi connectivity index (χ0v) is 13.9. The van der Waals surface area contributed by atoms with Crippen molar-refractivity contribution in [3.05, 3.63) is 53.5 Å². The first-order chi connectivity index (χ1) is 11.6. The van der Waals surface area contributed by atoms with Crippen LogP contribution in [0.25, 0.3) is 12.2 Å². The molecule has 5 heteroatoms. The Morgan fingerprint density at radius 1 is 1.21 bits per heavy atom. The molecule has 24 heavy (non-hydrogen) atoms. The molecule has 0 saturated carbocycles. The molecule has 0 N–H and O–H groups in total. The minimum absolute atomic E-state index is 0.205. The van der Waals surface area contributed by atoms with E-state index in [1.165, 1.54) is 0 Å². The second kappa shape index (κ2) is 7.24. The molecule has 0 radical (unpaired) electrons. The van der Waals surface area contributed by atoms with Gasteiger partial charge >= 0.3 is 0 Å². The number of morpholine rings is 1. The van der Waals surface area contributed by atoms with Gasteiger partial charge in [-0.2, -0.15) is 5.26 Å². The molecule has 2 aromatic heterocycles. The van der Waals surface area contributed by atoms with E-state index < -0.39 is 0 Å². The van der Waals surface area contributed by atoms with Crippen LogP contribution in [0.1, 0.15) is 30.8 Å². The molecule has 1 saturated heterocycles. The quantitative estimate of drug-likeness (QED) is 0.869. The monoisotopic (exact) mass is 320 g/mol. The van der Waals surface area contributed by atoms with Crippen molar-refractivity contribution in [3.8, 4) is 6.07 Å². The van der Waals surface area contributed by atoms with E-state index in [9.17, 15) is 0 Å². The van der Waals surface area contributed by atoms with Crippen LogP contribution < -0.4 is 4.90 Å². The second-order valence-corrected chi connectivity index (χ2v) is 6.00. The number of nitriles is 1. The highest BCUT2D eigenvalue weighted by molar-refractivity contribution is 5.68. The fraction of sp³-hybridized carbons (Fsp3) is 0.316. The molecule has 2 aromatic rings. The molecule has 1 aliphatic heterocycles. The Kier molecular flexibility index (Phi) is 4.88. The fourth-order valence-electron chi connectivity index (χ4n) is 2.87. The zero-order valence-electron chi connectivity index (χ0n) is 13.9. The first-order valence-electron chi connectivity index (χ1n) is 8.06. The Balaban J connectivity index is 1.78. The summed E-state index contributed by atoms with van der Waals surface area (Å²) >= 11 is 0. The predicted octanol–water partition coefficient (Wildman–Crippen LogP) is 3.13. The van der Waals surface area contributed by atoms with Crippen LogP contribution in [0.3, 0.4) is 0 Å². The Bertz CT molecular complexity index is 771. The van der Waals surface area contributed by atoms with Gasteiger partial charge < -0.3 is 9.64 Å². The van der Waals surface area contributed by atoms with Gasteiger partial charge in [0.15, 0.2) is 0 Å². The lowest BCUT2D eigenvalue weighted by molar-refractivity contribution is -0.00546. The van der Waals surface area contributed by atoms with Crippen molar-refractivity contribution >= 4 is 18.0 Å². The molecule has 3 rings (SSSR count). The molecule has 0 spiro atoms. The van der Waals surface area contributed by atoms with Gasteiger partial charge in [-0.05, 0) is 49.8 Å². The number of aromatic nitrogens is 2. The Morgan fingerprint density at radius 3 is 2.75 bits per heavy atom. The summed E-state index contributed by atoms with van der Waals surface area (Å²) in [4.78, 5) is 11.0. The molecule has 1 fully saturated rings. The van der Waals surface area contributed by atoms with Gasteiger partial charge in [0.1, 0.15) is 17.6 Å². The van der Waals surface area contributed by atoms with Crippen LogP contribution in [0.15, 0.2) is 36.5 Å². The molecule has 5 nitrogen and oxygen atoms in total. The first kappa shape index (κ1) is 16.2. The molecule has 0 aliphatic carbocycles. The third-order valence-corrected chi connectivity index (χ3v) is 3.84. The molecule has 2 atom stereocenters. The minimum atomic E-state index is 0.205. The summed E-state index contributed by atoms with van der Waals surface area (Å²) < 4.78 is 5.78. The van der Waals surface area contributed by atoms with Crippen molar-refractivity contribution in [2.24, 2.45) is 0 Å². The zero-order chi connectivity index (χ0) is 16.9. The van der Waals surface area contributed by atoms with E-state index in [1.54, 1.807) is 12.3 Å². The molecule has 3 heterocycles. The van der Waals surface area contributed by atoms with E-state index in [4.69, 9.17) is 15.0 Å². The summed E-state index contributed by atoms with van der Waals surface area (Å²) in [5.74, 6) is 0.964. The minimum Gasteiger partial charge on any atom is -0.372 e. The molecule has 0 amide bonds. The van der Waals surface area contributed by atoms with Crippen molar-refractivity contribution in [1.29, 1.82) is 5.26 Å². The highest BCUT2D eigenvalue weighted by Gasteiger charge is 2.22. The molecule has 0 aromatic carbocycles. The Hall–Kier alpha value is -2.71. The van der Waals surface area contributed by atoms with Crippen molar-refractivity contribution in [3.63, 3.8) is 0 Å². The average molecular weight is 320 g/mol. The van der Waals surface area contributed by atoms with Crippen LogP contribution in [0.4, 0.5) is 5.82 Å². The largest absolute Gasteiger partial charge is 0.372 e. The maximum absolute atomic E-state index is 8.91. The standard InChI is InChI=1S/C19H20N4O/c1-14-12-23(13-15(2)24-14)19-5-3-4-17(22-19)7-6-16-8-9-21-18(10-16)11-20/h3-10,14-15H,12-13H2,1-2H3/t14-,15+. The van der Waals surface area contributed by atoms with Gasteiger partial charge in [-0.15, -0.1) is 0 Å². The van der Waals surface area contributed by atoms with Gasteiger partial charge in [0.2, 0.25) is 0 Å². The lowest BCUT2D eigenvalue weighted by atomic mass is 10.2. The number of pyridine rings is 2. The molecular weight excluding hydrogens is 300 g/mol. The average Bonchev–Trinajstić information content (AvgIpc) is 2.59. The number of hydrogen-bond acceptors (Lipinski definition) is 5. The second-order valence-electron chi connectivity index (χ2n) is 6.00. The lowest BCUT2D eigenvalue weighted by Gasteiger charge is -2.36. The van der Waals surface area contributed by atoms with Crippen LogP contribution in [-0.2, 0) is 4.74 Å². The van der Waals surface area contributed by atoms with Crippen LogP contribution in [0.2, 0.25) is 0 Å². The van der Waals surface area contributed by atoms with Crippen molar-refractivity contribution in [2.45, 2.75) is 26.1 Å². The molecular formula is C19H20N4O. The van der Waals surface area contributed by atoms with Crippen LogP contribution in [-0.4, -0.2) is 35.3 Å². The number of hydrogen-bond donors (Lipinski definition) is 0. The summed E-state index contributed by atoms with van der Waals surface area (Å²) in [5.41, 5.74) is 2.23. The van der Waals surface area contributed by atoms with Gasteiger partial charge in [0.05, 0.1) is 17.9 Å². The van der Waals surface area contributed by atoms with Crippen molar-refractivity contribution < 1.29 is 4.74 Å². The predicted molar refractivity (Wildman–Crippen MR) is 94.3 cm³/mol. The van der Waals surface area contributed by atoms with Gasteiger partial charge in [-0.25, -0.2) is 9.97 Å². The fourth-order valence-corrected chi connectivity index (χ4v) is 2.87. The molecule has 0 unspecified atom stereocenters. The molecule has 1 aliphatic rings. The van der Waals surface area contributed by atoms with E-state index in [2.05, 4.69) is 23.7 Å². The van der Waals surface area contributed by atoms with E-state index in [0.717, 1.165) is 30.2 Å². The van der Waals surface area contributed by atoms with E-state index in [1.807, 2.05) is 42.5 Å². The summed E-state index contributed by atoms with van der Waals surface area (Å²) in [6.45, 7) is 5.87. The summed E-state index contributed by atoms with van der Waals surface area (Å²) in [7, 11) is 0. The number of nitrogens with zero attached hydrogens (tertiary/aromatic N) is 4. The van der Waals surface area contributed by atoms with E-state index in [-0.39, 0.29) is 12.2 Å². The summed E-state index contributed by atoms with van der Waals surface area (Å²) in [5, 5.41) is 8.91. The van der Waals surface area contributed by atoms with Gasteiger partial charge in [-0.3, -0.25) is 0 Å². The lowest BCUT2D eigenvalue weighted by Crippen LogP contribution is -2.45. The highest BCUT2D eigenvalue weighted by atomic mass is 16.5. The molecule has 0 bridgehead atoms. The van der Waals surface area contributed by atoms with Gasteiger partial charge in [0, 0.05) is 19.3 Å². The van der Waals surface area contributed by atoms with E-state index >= 15 is 0 Å². The van der Waals surface area contributed by atoms with Crippen LogP contribution >= 0.6 is 0 Å². The maximum Gasteiger partial charge on any atom is 0.141 e. The van der Waals surface area contributed by atoms with Crippen LogP contribution in [0.5, 0.6) is 0 Å². The first-order valence-corrected chi connectivity index (χ1v) is 8.06. The van der Waals surface area contributed by atoms with Gasteiger partial charge in [-0.1, -0.05) is 12.1 Å². The smallest absolute Gasteiger partial charge is 0.141 e. The summed E-state index contributed by atoms with van der Waals surface area (Å²) in [6.07, 6.45) is 5.94. The maximum atomic E-state index is 8.91. The Morgan fingerprint density at radius 2 is 2.00 bits per heavy atom. The SMILES string of the molecule is C[C@@H]1CN(c2cccc(C=Cc3ccnc(C#N)c3)n2)C[C@H](C)O1. The third-order valence-electron chi connectivity index (χ3n) is 3.84. The van der Waals surface area contributed by atoms with E-state index in [0.29, 0.717) is 5.69 Å². The Labute approximate surface area is 142 Å². The normalized spacial score (nSPS) is 21.0. The number of rotatable bonds is 3. The van der Waals surface area contributed by atoms with Crippen LogP contribution in [0, 0.1) is 11.3 Å².